The van der Waals surface area contributed by atoms with E-state index in [9.17, 15) is 0 Å². The molecule has 66 valence electrons. The molecule has 0 bridgehead atoms. The first kappa shape index (κ1) is 8.40. The number of nitrogens with zero attached hydrogens (tertiary/aromatic N) is 1. The van der Waals surface area contributed by atoms with Gasteiger partial charge in [0.2, 0.25) is 0 Å². The molecule has 0 amide bonds. The number of thiazole rings is 1. The number of aromatic nitrogens is 1. The van der Waals surface area contributed by atoms with Crippen LogP contribution in [0.15, 0.2) is 23.7 Å². The monoisotopic (exact) mass is 209 g/mol. The quantitative estimate of drug-likeness (QED) is 0.705. The number of rotatable bonds is 1. The number of thiocarbonyl (C=S) groups is 1. The second kappa shape index (κ2) is 3.27. The lowest BCUT2D eigenvalue weighted by molar-refractivity contribution is 1.50. The summed E-state index contributed by atoms with van der Waals surface area (Å²) >= 11 is 6.33. The van der Waals surface area contributed by atoms with Gasteiger partial charge in [-0.2, -0.15) is 0 Å². The van der Waals surface area contributed by atoms with Crippen molar-refractivity contribution < 1.29 is 0 Å². The molecule has 0 atom stereocenters. The van der Waals surface area contributed by atoms with Crippen molar-refractivity contribution in [1.29, 1.82) is 0 Å². The first-order chi connectivity index (χ1) is 6.25. The summed E-state index contributed by atoms with van der Waals surface area (Å²) in [4.78, 5) is 4.17. The lowest BCUT2D eigenvalue weighted by atomic mass is 10.3. The van der Waals surface area contributed by atoms with Crippen LogP contribution in [0.2, 0.25) is 0 Å². The lowest BCUT2D eigenvalue weighted by Crippen LogP contribution is -2.18. The molecule has 1 aromatic carbocycles. The maximum absolute atomic E-state index is 5.35. The van der Waals surface area contributed by atoms with E-state index in [1.807, 2.05) is 23.7 Å². The van der Waals surface area contributed by atoms with Crippen molar-refractivity contribution >= 4 is 44.6 Å². The Kier molecular flexibility index (Phi) is 2.12. The molecule has 0 radical (unpaired) electrons. The summed E-state index contributed by atoms with van der Waals surface area (Å²) in [5.41, 5.74) is 9.07. The van der Waals surface area contributed by atoms with E-state index in [1.165, 1.54) is 0 Å². The summed E-state index contributed by atoms with van der Waals surface area (Å²) in [5.74, 6) is 0. The van der Waals surface area contributed by atoms with Crippen LogP contribution in [0.3, 0.4) is 0 Å². The van der Waals surface area contributed by atoms with E-state index in [4.69, 9.17) is 18.0 Å². The number of anilines is 1. The average Bonchev–Trinajstić information content (AvgIpc) is 2.49. The molecule has 3 nitrogen and oxygen atoms in total. The van der Waals surface area contributed by atoms with E-state index in [1.54, 1.807) is 11.3 Å². The van der Waals surface area contributed by atoms with Gasteiger partial charge in [0, 0.05) is 5.69 Å². The third-order valence-electron chi connectivity index (χ3n) is 1.60. The summed E-state index contributed by atoms with van der Waals surface area (Å²) in [7, 11) is 0. The third kappa shape index (κ3) is 1.76. The zero-order valence-electron chi connectivity index (χ0n) is 6.65. The second-order valence-electron chi connectivity index (χ2n) is 2.52. The minimum absolute atomic E-state index is 0.281. The molecule has 0 unspecified atom stereocenters. The van der Waals surface area contributed by atoms with Crippen molar-refractivity contribution in [2.75, 3.05) is 5.32 Å². The van der Waals surface area contributed by atoms with Crippen molar-refractivity contribution in [1.82, 2.24) is 4.98 Å². The summed E-state index contributed by atoms with van der Waals surface area (Å²) in [5, 5.41) is 3.16. The van der Waals surface area contributed by atoms with Crippen LogP contribution in [0.25, 0.3) is 10.2 Å². The third-order valence-corrected chi connectivity index (χ3v) is 2.49. The lowest BCUT2D eigenvalue weighted by Gasteiger charge is -2.01. The molecular weight excluding hydrogens is 202 g/mol. The summed E-state index contributed by atoms with van der Waals surface area (Å²) < 4.78 is 1.13. The first-order valence-corrected chi connectivity index (χ1v) is 4.94. The number of benzene rings is 1. The molecule has 1 heterocycles. The Morgan fingerprint density at radius 2 is 2.38 bits per heavy atom. The van der Waals surface area contributed by atoms with Gasteiger partial charge in [-0.25, -0.2) is 4.98 Å². The topological polar surface area (TPSA) is 50.9 Å². The van der Waals surface area contributed by atoms with Gasteiger partial charge < -0.3 is 11.1 Å². The predicted molar refractivity (Wildman–Crippen MR) is 60.0 cm³/mol. The molecule has 5 heteroatoms. The molecule has 0 spiro atoms. The number of hydrogen-bond donors (Lipinski definition) is 2. The Balaban J connectivity index is 2.42. The summed E-state index contributed by atoms with van der Waals surface area (Å²) in [6.07, 6.45) is 0. The maximum atomic E-state index is 5.35. The van der Waals surface area contributed by atoms with Gasteiger partial charge in [-0.3, -0.25) is 0 Å². The van der Waals surface area contributed by atoms with Crippen molar-refractivity contribution in [2.24, 2.45) is 5.73 Å². The normalized spacial score (nSPS) is 10.2. The van der Waals surface area contributed by atoms with E-state index in [0.29, 0.717) is 0 Å². The van der Waals surface area contributed by atoms with Crippen LogP contribution in [0.4, 0.5) is 5.69 Å². The molecule has 3 N–H and O–H groups in total. The fourth-order valence-electron chi connectivity index (χ4n) is 1.08. The maximum Gasteiger partial charge on any atom is 0.168 e. The molecule has 0 aliphatic heterocycles. The molecule has 0 saturated heterocycles. The largest absolute Gasteiger partial charge is 0.376 e. The van der Waals surface area contributed by atoms with Gasteiger partial charge in [0.15, 0.2) is 5.11 Å². The average molecular weight is 209 g/mol. The minimum Gasteiger partial charge on any atom is -0.376 e. The zero-order valence-corrected chi connectivity index (χ0v) is 8.28. The Bertz CT molecular complexity index is 449. The van der Waals surface area contributed by atoms with E-state index in [0.717, 1.165) is 15.9 Å². The highest BCUT2D eigenvalue weighted by Gasteiger charge is 1.98. The van der Waals surface area contributed by atoms with E-state index in [-0.39, 0.29) is 5.11 Å². The zero-order chi connectivity index (χ0) is 9.26. The molecule has 0 saturated carbocycles. The molecule has 2 aromatic rings. The van der Waals surface area contributed by atoms with Gasteiger partial charge in [0.25, 0.3) is 0 Å². The van der Waals surface area contributed by atoms with Crippen molar-refractivity contribution in [3.8, 4) is 0 Å². The van der Waals surface area contributed by atoms with Gasteiger partial charge in [-0.1, -0.05) is 0 Å². The first-order valence-electron chi connectivity index (χ1n) is 3.65. The second-order valence-corrected chi connectivity index (χ2v) is 3.85. The molecular formula is C8H7N3S2. The fraction of sp³-hybridized carbons (Fsp3) is 0. The van der Waals surface area contributed by atoms with Gasteiger partial charge in [0.1, 0.15) is 0 Å². The van der Waals surface area contributed by atoms with Gasteiger partial charge in [-0.15, -0.1) is 11.3 Å². The van der Waals surface area contributed by atoms with Gasteiger partial charge in [-0.05, 0) is 30.4 Å². The Hall–Kier alpha value is -1.20. The standard InChI is InChI=1S/C8H7N3S2/c9-8(12)11-5-1-2-6-7(3-5)13-4-10-6/h1-4H,(H3,9,11,12). The Labute approximate surface area is 84.6 Å². The highest BCUT2D eigenvalue weighted by atomic mass is 32.1. The summed E-state index contributed by atoms with van der Waals surface area (Å²) in [6, 6.07) is 5.82. The molecule has 0 aliphatic rings. The molecule has 1 aromatic heterocycles. The van der Waals surface area contributed by atoms with E-state index < -0.39 is 0 Å². The molecule has 13 heavy (non-hydrogen) atoms. The van der Waals surface area contributed by atoms with Crippen LogP contribution in [0.5, 0.6) is 0 Å². The molecule has 2 rings (SSSR count). The van der Waals surface area contributed by atoms with Crippen LogP contribution in [0, 0.1) is 0 Å². The smallest absolute Gasteiger partial charge is 0.168 e. The number of nitrogens with two attached hydrogens (primary N) is 1. The highest BCUT2D eigenvalue weighted by Crippen LogP contribution is 2.21. The van der Waals surface area contributed by atoms with E-state index >= 15 is 0 Å². The number of fused-ring (bicyclic) bond motifs is 1. The molecule has 0 aliphatic carbocycles. The van der Waals surface area contributed by atoms with Gasteiger partial charge >= 0.3 is 0 Å². The van der Waals surface area contributed by atoms with Crippen LogP contribution >= 0.6 is 23.6 Å². The van der Waals surface area contributed by atoms with Crippen LogP contribution in [-0.2, 0) is 0 Å². The predicted octanol–water partition coefficient (Wildman–Crippen LogP) is 1.95. The van der Waals surface area contributed by atoms with Gasteiger partial charge in [0.05, 0.1) is 15.7 Å². The van der Waals surface area contributed by atoms with Crippen molar-refractivity contribution in [3.63, 3.8) is 0 Å². The molecule has 0 fully saturated rings. The van der Waals surface area contributed by atoms with Crippen molar-refractivity contribution in [2.45, 2.75) is 0 Å². The fourth-order valence-corrected chi connectivity index (χ4v) is 1.91. The minimum atomic E-state index is 0.281. The van der Waals surface area contributed by atoms with Crippen LogP contribution in [0.1, 0.15) is 0 Å². The number of nitrogens with one attached hydrogen (secondary N) is 1. The Morgan fingerprint density at radius 3 is 3.15 bits per heavy atom. The van der Waals surface area contributed by atoms with Crippen LogP contribution < -0.4 is 11.1 Å². The van der Waals surface area contributed by atoms with E-state index in [2.05, 4.69) is 10.3 Å². The number of hydrogen-bond acceptors (Lipinski definition) is 3. The van der Waals surface area contributed by atoms with Crippen molar-refractivity contribution in [3.05, 3.63) is 23.7 Å². The summed E-state index contributed by atoms with van der Waals surface area (Å²) in [6.45, 7) is 0. The van der Waals surface area contributed by atoms with Crippen LogP contribution in [-0.4, -0.2) is 10.1 Å². The Morgan fingerprint density at radius 1 is 1.54 bits per heavy atom. The SMILES string of the molecule is NC(=S)Nc1ccc2ncsc2c1. The highest BCUT2D eigenvalue weighted by molar-refractivity contribution is 7.80.